The molecule has 0 radical (unpaired) electrons. The van der Waals surface area contributed by atoms with Gasteiger partial charge in [-0.05, 0) is 73.6 Å². The molecule has 1 aliphatic rings. The van der Waals surface area contributed by atoms with Gasteiger partial charge in [-0.15, -0.1) is 0 Å². The molecule has 2 heteroatoms. The first-order valence-electron chi connectivity index (χ1n) is 7.75. The van der Waals surface area contributed by atoms with Crippen LogP contribution in [0.5, 0.6) is 5.75 Å². The Hall–Kier alpha value is -1.02. The molecule has 0 saturated heterocycles. The van der Waals surface area contributed by atoms with Gasteiger partial charge in [0, 0.05) is 6.04 Å². The molecule has 0 aromatic heterocycles. The molecule has 1 aromatic carbocycles. The Kier molecular flexibility index (Phi) is 4.43. The predicted octanol–water partition coefficient (Wildman–Crippen LogP) is 4.53. The monoisotopic (exact) mass is 275 g/mol. The van der Waals surface area contributed by atoms with E-state index in [1.807, 2.05) is 0 Å². The minimum Gasteiger partial charge on any atom is -0.496 e. The number of hydrogen-bond donors (Lipinski definition) is 1. The fraction of sp³-hybridized carbons (Fsp3) is 0.667. The summed E-state index contributed by atoms with van der Waals surface area (Å²) in [6, 6.07) is 4.51. The van der Waals surface area contributed by atoms with Crippen LogP contribution in [0.2, 0.25) is 0 Å². The molecule has 2 N–H and O–H groups in total. The standard InChI is InChI=1S/C18H29NO/c1-12-11-16(20-5)13(2)10-15(12)17(19)14-6-8-18(3,4)9-7-14/h10-11,14,17H,6-9,19H2,1-5H3. The van der Waals surface area contributed by atoms with E-state index in [2.05, 4.69) is 39.8 Å². The average Bonchev–Trinajstić information content (AvgIpc) is 2.40. The normalized spacial score (nSPS) is 20.7. The summed E-state index contributed by atoms with van der Waals surface area (Å²) in [6.45, 7) is 8.98. The number of aryl methyl sites for hydroxylation is 2. The lowest BCUT2D eigenvalue weighted by atomic mass is 9.70. The number of nitrogens with two attached hydrogens (primary N) is 1. The van der Waals surface area contributed by atoms with Crippen LogP contribution < -0.4 is 10.5 Å². The minimum absolute atomic E-state index is 0.163. The molecule has 1 saturated carbocycles. The lowest BCUT2D eigenvalue weighted by molar-refractivity contribution is 0.173. The van der Waals surface area contributed by atoms with Crippen molar-refractivity contribution in [3.63, 3.8) is 0 Å². The molecule has 1 aromatic rings. The predicted molar refractivity (Wildman–Crippen MR) is 85.1 cm³/mol. The molecular weight excluding hydrogens is 246 g/mol. The van der Waals surface area contributed by atoms with Gasteiger partial charge >= 0.3 is 0 Å². The average molecular weight is 275 g/mol. The molecule has 20 heavy (non-hydrogen) atoms. The maximum absolute atomic E-state index is 6.58. The summed E-state index contributed by atoms with van der Waals surface area (Å²) in [4.78, 5) is 0. The second-order valence-electron chi connectivity index (χ2n) is 7.21. The Balaban J connectivity index is 2.17. The van der Waals surface area contributed by atoms with Gasteiger partial charge in [0.2, 0.25) is 0 Å². The van der Waals surface area contributed by atoms with E-state index in [0.29, 0.717) is 11.3 Å². The molecule has 2 rings (SSSR count). The maximum atomic E-state index is 6.58. The van der Waals surface area contributed by atoms with Crippen LogP contribution in [0.4, 0.5) is 0 Å². The summed E-state index contributed by atoms with van der Waals surface area (Å²) in [6.07, 6.45) is 5.08. The maximum Gasteiger partial charge on any atom is 0.122 e. The smallest absolute Gasteiger partial charge is 0.122 e. The third kappa shape index (κ3) is 3.17. The Morgan fingerprint density at radius 2 is 1.75 bits per heavy atom. The summed E-state index contributed by atoms with van der Waals surface area (Å²) in [7, 11) is 1.73. The molecule has 0 aliphatic heterocycles. The summed E-state index contributed by atoms with van der Waals surface area (Å²) in [5.74, 6) is 1.58. The second-order valence-corrected chi connectivity index (χ2v) is 7.21. The van der Waals surface area contributed by atoms with Crippen molar-refractivity contribution in [1.82, 2.24) is 0 Å². The van der Waals surface area contributed by atoms with E-state index in [-0.39, 0.29) is 6.04 Å². The van der Waals surface area contributed by atoms with Crippen molar-refractivity contribution in [2.24, 2.45) is 17.1 Å². The van der Waals surface area contributed by atoms with E-state index in [9.17, 15) is 0 Å². The van der Waals surface area contributed by atoms with Gasteiger partial charge in [0.1, 0.15) is 5.75 Å². The second kappa shape index (κ2) is 5.77. The van der Waals surface area contributed by atoms with Crippen molar-refractivity contribution in [2.75, 3.05) is 7.11 Å². The van der Waals surface area contributed by atoms with Gasteiger partial charge in [0.15, 0.2) is 0 Å². The Bertz CT molecular complexity index is 469. The molecule has 112 valence electrons. The number of ether oxygens (including phenoxy) is 1. The Labute approximate surface area is 123 Å². The highest BCUT2D eigenvalue weighted by molar-refractivity contribution is 5.43. The summed E-state index contributed by atoms with van der Waals surface area (Å²) >= 11 is 0. The van der Waals surface area contributed by atoms with Crippen LogP contribution in [0, 0.1) is 25.2 Å². The molecule has 1 unspecified atom stereocenters. The molecular formula is C18H29NO. The van der Waals surface area contributed by atoms with Gasteiger partial charge in [-0.25, -0.2) is 0 Å². The molecule has 1 aliphatic carbocycles. The van der Waals surface area contributed by atoms with Crippen LogP contribution in [-0.4, -0.2) is 7.11 Å². The zero-order valence-corrected chi connectivity index (χ0v) is 13.6. The van der Waals surface area contributed by atoms with E-state index in [4.69, 9.17) is 10.5 Å². The summed E-state index contributed by atoms with van der Waals surface area (Å²) in [5, 5.41) is 0. The lowest BCUT2D eigenvalue weighted by Gasteiger charge is -2.37. The minimum atomic E-state index is 0.163. The Morgan fingerprint density at radius 1 is 1.15 bits per heavy atom. The number of hydrogen-bond acceptors (Lipinski definition) is 2. The van der Waals surface area contributed by atoms with Gasteiger partial charge in [-0.1, -0.05) is 19.9 Å². The van der Waals surface area contributed by atoms with Crippen LogP contribution in [0.15, 0.2) is 12.1 Å². The van der Waals surface area contributed by atoms with Crippen LogP contribution in [-0.2, 0) is 0 Å². The molecule has 0 amide bonds. The zero-order valence-electron chi connectivity index (χ0n) is 13.6. The lowest BCUT2D eigenvalue weighted by Crippen LogP contribution is -2.29. The van der Waals surface area contributed by atoms with Crippen LogP contribution >= 0.6 is 0 Å². The van der Waals surface area contributed by atoms with Gasteiger partial charge in [-0.2, -0.15) is 0 Å². The fourth-order valence-electron chi connectivity index (χ4n) is 3.43. The molecule has 0 bridgehead atoms. The molecule has 0 spiro atoms. The van der Waals surface area contributed by atoms with Crippen molar-refractivity contribution < 1.29 is 4.74 Å². The SMILES string of the molecule is COc1cc(C)c(C(N)C2CCC(C)(C)CC2)cc1C. The first-order valence-corrected chi connectivity index (χ1v) is 7.75. The first kappa shape index (κ1) is 15.4. The quantitative estimate of drug-likeness (QED) is 0.879. The highest BCUT2D eigenvalue weighted by Crippen LogP contribution is 2.42. The number of methoxy groups -OCH3 is 1. The van der Waals surface area contributed by atoms with Crippen molar-refractivity contribution in [3.05, 3.63) is 28.8 Å². The summed E-state index contributed by atoms with van der Waals surface area (Å²) in [5.41, 5.74) is 10.8. The third-order valence-electron chi connectivity index (χ3n) is 5.03. The van der Waals surface area contributed by atoms with Crippen molar-refractivity contribution in [2.45, 2.75) is 59.4 Å². The van der Waals surface area contributed by atoms with Crippen molar-refractivity contribution in [3.8, 4) is 5.75 Å². The molecule has 0 heterocycles. The number of benzene rings is 1. The number of rotatable bonds is 3. The molecule has 2 nitrogen and oxygen atoms in total. The van der Waals surface area contributed by atoms with Crippen molar-refractivity contribution in [1.29, 1.82) is 0 Å². The van der Waals surface area contributed by atoms with E-state index in [1.165, 1.54) is 42.4 Å². The van der Waals surface area contributed by atoms with Gasteiger partial charge in [0.05, 0.1) is 7.11 Å². The van der Waals surface area contributed by atoms with E-state index < -0.39 is 0 Å². The Morgan fingerprint density at radius 3 is 2.30 bits per heavy atom. The topological polar surface area (TPSA) is 35.2 Å². The zero-order chi connectivity index (χ0) is 14.9. The van der Waals surface area contributed by atoms with E-state index >= 15 is 0 Å². The largest absolute Gasteiger partial charge is 0.496 e. The fourth-order valence-corrected chi connectivity index (χ4v) is 3.43. The van der Waals surface area contributed by atoms with Crippen LogP contribution in [0.1, 0.15) is 62.3 Å². The van der Waals surface area contributed by atoms with Crippen LogP contribution in [0.25, 0.3) is 0 Å². The highest BCUT2D eigenvalue weighted by atomic mass is 16.5. The van der Waals surface area contributed by atoms with Gasteiger partial charge in [-0.3, -0.25) is 0 Å². The highest BCUT2D eigenvalue weighted by Gasteiger charge is 2.31. The van der Waals surface area contributed by atoms with E-state index in [1.54, 1.807) is 7.11 Å². The third-order valence-corrected chi connectivity index (χ3v) is 5.03. The van der Waals surface area contributed by atoms with Gasteiger partial charge in [0.25, 0.3) is 0 Å². The first-order chi connectivity index (χ1) is 9.34. The van der Waals surface area contributed by atoms with Crippen LogP contribution in [0.3, 0.4) is 0 Å². The molecule has 1 fully saturated rings. The van der Waals surface area contributed by atoms with Gasteiger partial charge < -0.3 is 10.5 Å². The molecule has 1 atom stereocenters. The van der Waals surface area contributed by atoms with Crippen molar-refractivity contribution >= 4 is 0 Å². The summed E-state index contributed by atoms with van der Waals surface area (Å²) < 4.78 is 5.39. The van der Waals surface area contributed by atoms with E-state index in [0.717, 1.165) is 5.75 Å².